The summed E-state index contributed by atoms with van der Waals surface area (Å²) in [5, 5.41) is 0. The molecule has 0 radical (unpaired) electrons. The predicted molar refractivity (Wildman–Crippen MR) is 65.2 cm³/mol. The van der Waals surface area contributed by atoms with Crippen LogP contribution in [0.2, 0.25) is 0 Å². The first-order chi connectivity index (χ1) is 6.75. The molecule has 0 saturated heterocycles. The van der Waals surface area contributed by atoms with E-state index >= 15 is 0 Å². The van der Waals surface area contributed by atoms with Crippen molar-refractivity contribution in [3.05, 3.63) is 48.8 Å². The molecule has 0 aliphatic carbocycles. The molecule has 0 fully saturated rings. The lowest BCUT2D eigenvalue weighted by atomic mass is 10.1. The second-order valence-electron chi connectivity index (χ2n) is 2.37. The molecule has 0 aliphatic heterocycles. The summed E-state index contributed by atoms with van der Waals surface area (Å²) < 4.78 is 0. The van der Waals surface area contributed by atoms with Crippen molar-refractivity contribution in [2.75, 3.05) is 7.05 Å². The van der Waals surface area contributed by atoms with Crippen LogP contribution in [0.3, 0.4) is 0 Å². The lowest BCUT2D eigenvalue weighted by Crippen LogP contribution is -1.86. The van der Waals surface area contributed by atoms with Crippen LogP contribution >= 0.6 is 0 Å². The molecule has 0 aromatic carbocycles. The van der Waals surface area contributed by atoms with Crippen LogP contribution in [0.5, 0.6) is 0 Å². The minimum atomic E-state index is 1.13. The maximum Gasteiger partial charge on any atom is 0.0342 e. The van der Waals surface area contributed by atoms with Crippen molar-refractivity contribution in [2.45, 2.75) is 13.8 Å². The SMILES string of the molecule is C=C.C=Cc1cncc(C)c1C.CN. The average molecular weight is 192 g/mol. The average Bonchev–Trinajstić information content (AvgIpc) is 2.28. The molecule has 0 amide bonds. The normalized spacial score (nSPS) is 7.43. The first-order valence-corrected chi connectivity index (χ1v) is 4.37. The van der Waals surface area contributed by atoms with Crippen LogP contribution < -0.4 is 5.73 Å². The highest BCUT2D eigenvalue weighted by atomic mass is 14.6. The molecule has 0 aliphatic rings. The highest BCUT2D eigenvalue weighted by Gasteiger charge is 1.95. The van der Waals surface area contributed by atoms with E-state index in [0.29, 0.717) is 0 Å². The summed E-state index contributed by atoms with van der Waals surface area (Å²) in [6.45, 7) is 13.8. The van der Waals surface area contributed by atoms with Crippen molar-refractivity contribution < 1.29 is 0 Å². The second-order valence-corrected chi connectivity index (χ2v) is 2.37. The molecule has 1 aromatic rings. The van der Waals surface area contributed by atoms with Gasteiger partial charge in [0.05, 0.1) is 0 Å². The Labute approximate surface area is 87.2 Å². The van der Waals surface area contributed by atoms with E-state index in [1.807, 2.05) is 18.5 Å². The Kier molecular flexibility index (Phi) is 10.4. The van der Waals surface area contributed by atoms with Gasteiger partial charge in [0.1, 0.15) is 0 Å². The molecule has 2 N–H and O–H groups in total. The van der Waals surface area contributed by atoms with Crippen LogP contribution in [0.25, 0.3) is 6.08 Å². The third kappa shape index (κ3) is 4.58. The van der Waals surface area contributed by atoms with Crippen molar-refractivity contribution in [3.63, 3.8) is 0 Å². The van der Waals surface area contributed by atoms with Crippen LogP contribution in [0.1, 0.15) is 16.7 Å². The molecule has 0 unspecified atom stereocenters. The monoisotopic (exact) mass is 192 g/mol. The summed E-state index contributed by atoms with van der Waals surface area (Å²) in [6, 6.07) is 0. The third-order valence-electron chi connectivity index (χ3n) is 1.73. The Balaban J connectivity index is 0. The van der Waals surface area contributed by atoms with Crippen LogP contribution in [-0.2, 0) is 0 Å². The van der Waals surface area contributed by atoms with Gasteiger partial charge in [0.15, 0.2) is 0 Å². The van der Waals surface area contributed by atoms with Gasteiger partial charge in [-0.25, -0.2) is 0 Å². The van der Waals surface area contributed by atoms with Gasteiger partial charge in [-0.05, 0) is 37.6 Å². The highest BCUT2D eigenvalue weighted by molar-refractivity contribution is 5.51. The van der Waals surface area contributed by atoms with Gasteiger partial charge in [0.25, 0.3) is 0 Å². The number of nitrogens with zero attached hydrogens (tertiary/aromatic N) is 1. The summed E-state index contributed by atoms with van der Waals surface area (Å²) in [7, 11) is 1.50. The van der Waals surface area contributed by atoms with Gasteiger partial charge in [0.2, 0.25) is 0 Å². The highest BCUT2D eigenvalue weighted by Crippen LogP contribution is 2.10. The molecule has 2 nitrogen and oxygen atoms in total. The minimum Gasteiger partial charge on any atom is -0.333 e. The predicted octanol–water partition coefficient (Wildman–Crippen LogP) is 2.72. The fourth-order valence-electron chi connectivity index (χ4n) is 0.856. The molecule has 14 heavy (non-hydrogen) atoms. The third-order valence-corrected chi connectivity index (χ3v) is 1.73. The van der Waals surface area contributed by atoms with Gasteiger partial charge in [-0.15, -0.1) is 13.2 Å². The molecule has 1 rings (SSSR count). The number of hydrogen-bond acceptors (Lipinski definition) is 2. The summed E-state index contributed by atoms with van der Waals surface area (Å²) in [5.74, 6) is 0. The smallest absolute Gasteiger partial charge is 0.0342 e. The Hall–Kier alpha value is -1.41. The number of nitrogens with two attached hydrogens (primary N) is 1. The molecule has 78 valence electrons. The number of hydrogen-bond donors (Lipinski definition) is 1. The lowest BCUT2D eigenvalue weighted by Gasteiger charge is -2.00. The summed E-state index contributed by atoms with van der Waals surface area (Å²) in [4.78, 5) is 4.04. The largest absolute Gasteiger partial charge is 0.333 e. The minimum absolute atomic E-state index is 1.13. The summed E-state index contributed by atoms with van der Waals surface area (Å²) in [6.07, 6.45) is 5.52. The van der Waals surface area contributed by atoms with E-state index in [-0.39, 0.29) is 0 Å². The van der Waals surface area contributed by atoms with E-state index in [1.165, 1.54) is 18.2 Å². The maximum absolute atomic E-state index is 4.50. The van der Waals surface area contributed by atoms with Crippen LogP contribution in [0.4, 0.5) is 0 Å². The quantitative estimate of drug-likeness (QED) is 0.695. The van der Waals surface area contributed by atoms with Gasteiger partial charge >= 0.3 is 0 Å². The zero-order valence-corrected chi connectivity index (χ0v) is 9.38. The van der Waals surface area contributed by atoms with E-state index in [2.05, 4.69) is 44.3 Å². The van der Waals surface area contributed by atoms with Crippen LogP contribution in [0, 0.1) is 13.8 Å². The van der Waals surface area contributed by atoms with Crippen molar-refractivity contribution >= 4 is 6.08 Å². The fraction of sp³-hybridized carbons (Fsp3) is 0.250. The van der Waals surface area contributed by atoms with Gasteiger partial charge in [-0.3, -0.25) is 4.98 Å². The molecule has 1 heterocycles. The maximum atomic E-state index is 4.50. The number of aromatic nitrogens is 1. The molecular weight excluding hydrogens is 172 g/mol. The van der Waals surface area contributed by atoms with E-state index in [4.69, 9.17) is 0 Å². The summed E-state index contributed by atoms with van der Waals surface area (Å²) in [5.41, 5.74) is 8.11. The van der Waals surface area contributed by atoms with E-state index in [0.717, 1.165) is 5.56 Å². The molecule has 2 heteroatoms. The van der Waals surface area contributed by atoms with Crippen LogP contribution in [-0.4, -0.2) is 12.0 Å². The molecule has 0 bridgehead atoms. The lowest BCUT2D eigenvalue weighted by molar-refractivity contribution is 1.20. The van der Waals surface area contributed by atoms with E-state index < -0.39 is 0 Å². The van der Waals surface area contributed by atoms with Crippen molar-refractivity contribution in [1.82, 2.24) is 4.98 Å². The standard InChI is InChI=1S/C9H11N.C2H4.CH5N/c1-4-9-6-10-5-7(2)8(9)3;2*1-2/h4-6H,1H2,2-3H3;1-2H2;2H2,1H3. The molecule has 0 atom stereocenters. The van der Waals surface area contributed by atoms with Crippen molar-refractivity contribution in [3.8, 4) is 0 Å². The zero-order valence-electron chi connectivity index (χ0n) is 9.38. The fourth-order valence-corrected chi connectivity index (χ4v) is 0.856. The Morgan fingerprint density at radius 3 is 2.07 bits per heavy atom. The molecule has 0 saturated carbocycles. The van der Waals surface area contributed by atoms with E-state index in [1.54, 1.807) is 0 Å². The molecule has 0 spiro atoms. The zero-order chi connectivity index (χ0) is 11.6. The van der Waals surface area contributed by atoms with Gasteiger partial charge < -0.3 is 5.73 Å². The van der Waals surface area contributed by atoms with Gasteiger partial charge in [-0.2, -0.15) is 0 Å². The first-order valence-electron chi connectivity index (χ1n) is 4.37. The van der Waals surface area contributed by atoms with Gasteiger partial charge in [-0.1, -0.05) is 12.7 Å². The Morgan fingerprint density at radius 2 is 1.71 bits per heavy atom. The Bertz CT molecular complexity index is 267. The van der Waals surface area contributed by atoms with Crippen molar-refractivity contribution in [1.29, 1.82) is 0 Å². The number of rotatable bonds is 1. The number of aryl methyl sites for hydroxylation is 1. The topological polar surface area (TPSA) is 38.9 Å². The van der Waals surface area contributed by atoms with E-state index in [9.17, 15) is 0 Å². The second kappa shape index (κ2) is 9.68. The first kappa shape index (κ1) is 15.1. The summed E-state index contributed by atoms with van der Waals surface area (Å²) >= 11 is 0. The van der Waals surface area contributed by atoms with Crippen molar-refractivity contribution in [2.24, 2.45) is 5.73 Å². The van der Waals surface area contributed by atoms with Crippen LogP contribution in [0.15, 0.2) is 32.1 Å². The number of pyridine rings is 1. The molecular formula is C12H20N2. The Morgan fingerprint density at radius 1 is 1.21 bits per heavy atom. The van der Waals surface area contributed by atoms with Gasteiger partial charge in [0, 0.05) is 12.4 Å². The molecule has 1 aromatic heterocycles.